The van der Waals surface area contributed by atoms with Crippen LogP contribution in [0, 0.1) is 5.41 Å². The molecular formula is C24H30N2O3. The predicted molar refractivity (Wildman–Crippen MR) is 116 cm³/mol. The van der Waals surface area contributed by atoms with Crippen LogP contribution >= 0.6 is 0 Å². The van der Waals surface area contributed by atoms with Crippen LogP contribution in [0.1, 0.15) is 39.2 Å². The first-order valence-corrected chi connectivity index (χ1v) is 10.3. The summed E-state index contributed by atoms with van der Waals surface area (Å²) in [5.74, 6) is -1.66. The van der Waals surface area contributed by atoms with Gasteiger partial charge in [-0.3, -0.25) is 9.59 Å². The quantitative estimate of drug-likeness (QED) is 0.682. The van der Waals surface area contributed by atoms with Crippen molar-refractivity contribution in [2.45, 2.75) is 46.1 Å². The van der Waals surface area contributed by atoms with E-state index in [1.54, 1.807) is 0 Å². The molecule has 2 aromatic carbocycles. The number of aliphatic carboxylic acids is 1. The van der Waals surface area contributed by atoms with E-state index in [9.17, 15) is 14.7 Å². The molecule has 1 atom stereocenters. The smallest absolute Gasteiger partial charge is 0.318 e. The minimum Gasteiger partial charge on any atom is -0.480 e. The van der Waals surface area contributed by atoms with Crippen molar-refractivity contribution in [1.82, 2.24) is 4.90 Å². The summed E-state index contributed by atoms with van der Waals surface area (Å²) >= 11 is 0. The first kappa shape index (κ1) is 21.1. The summed E-state index contributed by atoms with van der Waals surface area (Å²) in [6, 6.07) is 16.7. The van der Waals surface area contributed by atoms with Crippen molar-refractivity contribution in [3.8, 4) is 11.1 Å². The van der Waals surface area contributed by atoms with E-state index in [0.29, 0.717) is 11.7 Å². The van der Waals surface area contributed by atoms with E-state index < -0.39 is 17.3 Å². The third-order valence-electron chi connectivity index (χ3n) is 5.91. The third kappa shape index (κ3) is 4.85. The predicted octanol–water partition coefficient (Wildman–Crippen LogP) is 4.43. The molecule has 0 radical (unpaired) electrons. The fourth-order valence-corrected chi connectivity index (χ4v) is 3.75. The van der Waals surface area contributed by atoms with Crippen LogP contribution in [0.15, 0.2) is 48.5 Å². The highest BCUT2D eigenvalue weighted by Crippen LogP contribution is 2.29. The molecule has 1 aliphatic rings. The number of nitrogens with one attached hydrogen (secondary N) is 1. The van der Waals surface area contributed by atoms with Gasteiger partial charge in [0.05, 0.1) is 0 Å². The molecule has 5 heteroatoms. The Morgan fingerprint density at radius 1 is 1.17 bits per heavy atom. The lowest BCUT2D eigenvalue weighted by molar-refractivity contribution is -0.151. The molecule has 5 nitrogen and oxygen atoms in total. The molecule has 1 aliphatic heterocycles. The molecule has 1 fully saturated rings. The summed E-state index contributed by atoms with van der Waals surface area (Å²) < 4.78 is 0. The normalized spacial score (nSPS) is 17.3. The van der Waals surface area contributed by atoms with E-state index in [2.05, 4.69) is 29.3 Å². The minimum absolute atomic E-state index is 0.517. The highest BCUT2D eigenvalue weighted by Gasteiger charge is 2.36. The van der Waals surface area contributed by atoms with Gasteiger partial charge in [-0.1, -0.05) is 36.4 Å². The first-order chi connectivity index (χ1) is 13.8. The number of carbonyl (C=O) groups excluding carboxylic acids is 1. The fourth-order valence-electron chi connectivity index (χ4n) is 3.75. The van der Waals surface area contributed by atoms with Crippen molar-refractivity contribution in [3.63, 3.8) is 0 Å². The van der Waals surface area contributed by atoms with Gasteiger partial charge in [-0.05, 0) is 75.4 Å². The van der Waals surface area contributed by atoms with Gasteiger partial charge < -0.3 is 15.3 Å². The number of nitrogens with zero attached hydrogens (tertiary/aromatic N) is 1. The average Bonchev–Trinajstić information content (AvgIpc) is 3.11. The van der Waals surface area contributed by atoms with Crippen molar-refractivity contribution in [2.24, 2.45) is 5.41 Å². The topological polar surface area (TPSA) is 69.6 Å². The molecule has 1 amide bonds. The van der Waals surface area contributed by atoms with Crippen molar-refractivity contribution in [1.29, 1.82) is 0 Å². The van der Waals surface area contributed by atoms with Gasteiger partial charge >= 0.3 is 5.97 Å². The molecule has 1 saturated heterocycles. The summed E-state index contributed by atoms with van der Waals surface area (Å²) in [6.07, 6.45) is 3.36. The first-order valence-electron chi connectivity index (χ1n) is 10.3. The Hall–Kier alpha value is -2.66. The Morgan fingerprint density at radius 2 is 1.90 bits per heavy atom. The Balaban J connectivity index is 1.86. The Morgan fingerprint density at radius 3 is 2.52 bits per heavy atom. The number of likely N-dealkylation sites (tertiary alicyclic amines) is 1. The van der Waals surface area contributed by atoms with Gasteiger partial charge in [-0.15, -0.1) is 0 Å². The van der Waals surface area contributed by atoms with Crippen LogP contribution in [-0.2, 0) is 16.0 Å². The number of hydrogen-bond acceptors (Lipinski definition) is 3. The van der Waals surface area contributed by atoms with Gasteiger partial charge in [0, 0.05) is 18.3 Å². The maximum Gasteiger partial charge on any atom is 0.318 e. The molecule has 0 saturated carbocycles. The molecule has 29 heavy (non-hydrogen) atoms. The van der Waals surface area contributed by atoms with Crippen LogP contribution in [0.4, 0.5) is 5.69 Å². The highest BCUT2D eigenvalue weighted by molar-refractivity contribution is 6.07. The molecule has 1 unspecified atom stereocenters. The van der Waals surface area contributed by atoms with Gasteiger partial charge in [0.25, 0.3) is 0 Å². The molecule has 2 aromatic rings. The number of amides is 1. The van der Waals surface area contributed by atoms with E-state index in [1.165, 1.54) is 26.7 Å². The van der Waals surface area contributed by atoms with E-state index >= 15 is 0 Å². The zero-order chi connectivity index (χ0) is 21.0. The molecule has 0 spiro atoms. The fraction of sp³-hybridized carbons (Fsp3) is 0.417. The Labute approximate surface area is 172 Å². The number of hydrogen-bond donors (Lipinski definition) is 2. The Bertz CT molecular complexity index is 877. The van der Waals surface area contributed by atoms with E-state index in [0.717, 1.165) is 36.2 Å². The second kappa shape index (κ2) is 8.78. The largest absolute Gasteiger partial charge is 0.480 e. The molecule has 3 rings (SSSR count). The zero-order valence-electron chi connectivity index (χ0n) is 17.4. The Kier molecular flexibility index (Phi) is 6.38. The van der Waals surface area contributed by atoms with E-state index in [1.807, 2.05) is 36.4 Å². The van der Waals surface area contributed by atoms with E-state index in [-0.39, 0.29) is 0 Å². The lowest BCUT2D eigenvalue weighted by atomic mass is 9.92. The summed E-state index contributed by atoms with van der Waals surface area (Å²) in [5.41, 5.74) is 2.59. The van der Waals surface area contributed by atoms with Crippen molar-refractivity contribution in [3.05, 3.63) is 54.1 Å². The van der Waals surface area contributed by atoms with Crippen LogP contribution in [0.2, 0.25) is 0 Å². The maximum absolute atomic E-state index is 12.5. The van der Waals surface area contributed by atoms with Gasteiger partial charge in [0.15, 0.2) is 0 Å². The second-order valence-corrected chi connectivity index (χ2v) is 8.40. The molecule has 1 heterocycles. The van der Waals surface area contributed by atoms with Crippen LogP contribution in [-0.4, -0.2) is 41.0 Å². The molecule has 0 bridgehead atoms. The number of rotatable bonds is 7. The number of carboxylic acids is 1. The number of anilines is 1. The molecule has 154 valence electrons. The van der Waals surface area contributed by atoms with Crippen molar-refractivity contribution in [2.75, 3.05) is 18.4 Å². The molecule has 0 aliphatic carbocycles. The van der Waals surface area contributed by atoms with Gasteiger partial charge in [0.2, 0.25) is 5.91 Å². The second-order valence-electron chi connectivity index (χ2n) is 8.40. The molecule has 0 aromatic heterocycles. The lowest BCUT2D eigenvalue weighted by Crippen LogP contribution is -2.37. The maximum atomic E-state index is 12.5. The molecular weight excluding hydrogens is 364 g/mol. The number of benzene rings is 2. The van der Waals surface area contributed by atoms with Crippen molar-refractivity contribution < 1.29 is 14.7 Å². The van der Waals surface area contributed by atoms with Crippen LogP contribution < -0.4 is 5.32 Å². The van der Waals surface area contributed by atoms with Gasteiger partial charge in [-0.25, -0.2) is 0 Å². The van der Waals surface area contributed by atoms with Gasteiger partial charge in [-0.2, -0.15) is 0 Å². The lowest BCUT2D eigenvalue weighted by Gasteiger charge is -2.22. The van der Waals surface area contributed by atoms with Crippen LogP contribution in [0.3, 0.4) is 0 Å². The van der Waals surface area contributed by atoms with E-state index in [4.69, 9.17) is 0 Å². The summed E-state index contributed by atoms with van der Waals surface area (Å²) in [5, 5.41) is 12.1. The van der Waals surface area contributed by atoms with Crippen molar-refractivity contribution >= 4 is 17.6 Å². The highest BCUT2D eigenvalue weighted by atomic mass is 16.4. The van der Waals surface area contributed by atoms with Crippen LogP contribution in [0.25, 0.3) is 11.1 Å². The average molecular weight is 395 g/mol. The standard InChI is InChI=1S/C24H30N2O3/c1-17-8-7-14-26(17)15-13-19-16-20(25-22(27)24(2,3)23(28)29)11-12-21(19)18-9-5-4-6-10-18/h4-6,9-12,16-17H,7-8,13-15H2,1-3H3,(H,25,27)(H,28,29). The minimum atomic E-state index is -1.48. The van der Waals surface area contributed by atoms with Crippen LogP contribution in [0.5, 0.6) is 0 Å². The SMILES string of the molecule is CC1CCCN1CCc1cc(NC(=O)C(C)(C)C(=O)O)ccc1-c1ccccc1. The number of carbonyl (C=O) groups is 2. The summed E-state index contributed by atoms with van der Waals surface area (Å²) in [4.78, 5) is 26.3. The molecule has 2 N–H and O–H groups in total. The zero-order valence-corrected chi connectivity index (χ0v) is 17.4. The monoisotopic (exact) mass is 394 g/mol. The number of carboxylic acid groups (broad SMARTS) is 1. The summed E-state index contributed by atoms with van der Waals surface area (Å²) in [6.45, 7) is 7.21. The third-order valence-corrected chi connectivity index (χ3v) is 5.91. The van der Waals surface area contributed by atoms with Gasteiger partial charge in [0.1, 0.15) is 5.41 Å². The summed E-state index contributed by atoms with van der Waals surface area (Å²) in [7, 11) is 0.